The number of carbonyl (C=O) groups is 1. The van der Waals surface area contributed by atoms with Gasteiger partial charge in [0.1, 0.15) is 5.82 Å². The molecule has 1 rings (SSSR count). The quantitative estimate of drug-likeness (QED) is 0.648. The summed E-state index contributed by atoms with van der Waals surface area (Å²) >= 11 is 0. The zero-order valence-corrected chi connectivity index (χ0v) is 10.9. The Morgan fingerprint density at radius 1 is 1.47 bits per heavy atom. The first-order valence-electron chi connectivity index (χ1n) is 5.63. The number of amides is 1. The molecule has 0 bridgehead atoms. The lowest BCUT2D eigenvalue weighted by atomic mass is 9.87. The first kappa shape index (κ1) is 15.0. The average Bonchev–Trinajstić information content (AvgIpc) is 2.29. The molecule has 1 aromatic rings. The second kappa shape index (κ2) is 5.31. The van der Waals surface area contributed by atoms with E-state index < -0.39 is 28.1 Å². The molecule has 0 saturated carbocycles. The van der Waals surface area contributed by atoms with Crippen LogP contribution in [-0.4, -0.2) is 16.9 Å². The molecule has 1 aromatic carbocycles. The Kier molecular flexibility index (Phi) is 4.21. The van der Waals surface area contributed by atoms with Crippen LogP contribution in [0.1, 0.15) is 20.8 Å². The van der Waals surface area contributed by atoms with Crippen molar-refractivity contribution in [2.45, 2.75) is 26.8 Å². The Hall–Kier alpha value is -2.02. The maximum Gasteiger partial charge on any atom is 0.271 e. The normalized spacial score (nSPS) is 12.9. The smallest absolute Gasteiger partial charge is 0.271 e. The van der Waals surface area contributed by atoms with Gasteiger partial charge in [0.05, 0.1) is 16.7 Å². The molecule has 1 amide bonds. The van der Waals surface area contributed by atoms with E-state index in [1.54, 1.807) is 20.8 Å². The molecule has 0 aliphatic rings. The number of benzene rings is 1. The summed E-state index contributed by atoms with van der Waals surface area (Å²) < 4.78 is 13.5. The van der Waals surface area contributed by atoms with E-state index in [2.05, 4.69) is 5.32 Å². The molecular formula is C12H16FN3O3. The highest BCUT2D eigenvalue weighted by atomic mass is 19.1. The minimum Gasteiger partial charge on any atom is -0.322 e. The van der Waals surface area contributed by atoms with E-state index in [9.17, 15) is 19.3 Å². The Morgan fingerprint density at radius 3 is 2.53 bits per heavy atom. The van der Waals surface area contributed by atoms with Gasteiger partial charge in [-0.25, -0.2) is 4.39 Å². The van der Waals surface area contributed by atoms with E-state index in [1.165, 1.54) is 0 Å². The van der Waals surface area contributed by atoms with Crippen LogP contribution in [0.2, 0.25) is 0 Å². The van der Waals surface area contributed by atoms with Crippen LogP contribution in [0.25, 0.3) is 0 Å². The van der Waals surface area contributed by atoms with Crippen molar-refractivity contribution in [3.8, 4) is 0 Å². The van der Waals surface area contributed by atoms with Crippen LogP contribution < -0.4 is 11.1 Å². The van der Waals surface area contributed by atoms with Crippen LogP contribution in [-0.2, 0) is 4.79 Å². The van der Waals surface area contributed by atoms with Gasteiger partial charge in [0, 0.05) is 12.1 Å². The third-order valence-electron chi connectivity index (χ3n) is 2.63. The van der Waals surface area contributed by atoms with Gasteiger partial charge in [-0.05, 0) is 11.5 Å². The van der Waals surface area contributed by atoms with E-state index in [0.717, 1.165) is 18.2 Å². The lowest BCUT2D eigenvalue weighted by Gasteiger charge is -2.25. The van der Waals surface area contributed by atoms with Gasteiger partial charge in [-0.3, -0.25) is 14.9 Å². The number of carbonyl (C=O) groups excluding carboxylic acids is 1. The van der Waals surface area contributed by atoms with E-state index >= 15 is 0 Å². The zero-order valence-electron chi connectivity index (χ0n) is 10.9. The third-order valence-corrected chi connectivity index (χ3v) is 2.63. The van der Waals surface area contributed by atoms with Crippen molar-refractivity contribution in [3.63, 3.8) is 0 Å². The van der Waals surface area contributed by atoms with Crippen LogP contribution in [0.3, 0.4) is 0 Å². The van der Waals surface area contributed by atoms with Gasteiger partial charge in [0.2, 0.25) is 5.91 Å². The van der Waals surface area contributed by atoms with Crippen LogP contribution in [0.5, 0.6) is 0 Å². The van der Waals surface area contributed by atoms with Crippen LogP contribution in [0.15, 0.2) is 18.2 Å². The molecule has 0 fully saturated rings. The first-order chi connectivity index (χ1) is 8.62. The summed E-state index contributed by atoms with van der Waals surface area (Å²) in [6.07, 6.45) is 0. The topological polar surface area (TPSA) is 98.3 Å². The number of nitro groups is 1. The Bertz CT molecular complexity index is 511. The molecule has 0 aliphatic carbocycles. The Balaban J connectivity index is 2.96. The SMILES string of the molecule is CC(C)(C)C(N)C(=O)Nc1cc([N+](=O)[O-])ccc1F. The van der Waals surface area contributed by atoms with E-state index in [-0.39, 0.29) is 11.4 Å². The molecule has 0 heterocycles. The molecule has 0 aliphatic heterocycles. The molecule has 3 N–H and O–H groups in total. The van der Waals surface area contributed by atoms with Gasteiger partial charge >= 0.3 is 0 Å². The second-order valence-electron chi connectivity index (χ2n) is 5.25. The minimum atomic E-state index is -0.855. The summed E-state index contributed by atoms with van der Waals surface area (Å²) in [5.41, 5.74) is 4.67. The largest absolute Gasteiger partial charge is 0.322 e. The summed E-state index contributed by atoms with van der Waals surface area (Å²) in [5, 5.41) is 12.9. The highest BCUT2D eigenvalue weighted by Crippen LogP contribution is 2.23. The van der Waals surface area contributed by atoms with E-state index in [0.29, 0.717) is 0 Å². The monoisotopic (exact) mass is 269 g/mol. The number of hydrogen-bond acceptors (Lipinski definition) is 4. The molecule has 1 atom stereocenters. The number of rotatable bonds is 3. The molecular weight excluding hydrogens is 253 g/mol. The van der Waals surface area contributed by atoms with Crippen molar-refractivity contribution in [1.82, 2.24) is 0 Å². The number of halogens is 1. The van der Waals surface area contributed by atoms with Gasteiger partial charge in [-0.15, -0.1) is 0 Å². The maximum absolute atomic E-state index is 13.5. The summed E-state index contributed by atoms with van der Waals surface area (Å²) in [4.78, 5) is 21.7. The van der Waals surface area contributed by atoms with Gasteiger partial charge in [0.25, 0.3) is 5.69 Å². The summed E-state index contributed by atoms with van der Waals surface area (Å²) in [7, 11) is 0. The lowest BCUT2D eigenvalue weighted by molar-refractivity contribution is -0.384. The van der Waals surface area contributed by atoms with Crippen molar-refractivity contribution in [3.05, 3.63) is 34.1 Å². The predicted molar refractivity (Wildman–Crippen MR) is 69.1 cm³/mol. The maximum atomic E-state index is 13.5. The average molecular weight is 269 g/mol. The van der Waals surface area contributed by atoms with E-state index in [4.69, 9.17) is 5.73 Å². The lowest BCUT2D eigenvalue weighted by Crippen LogP contribution is -2.45. The minimum absolute atomic E-state index is 0.251. The first-order valence-corrected chi connectivity index (χ1v) is 5.63. The molecule has 1 unspecified atom stereocenters. The fraction of sp³-hybridized carbons (Fsp3) is 0.417. The van der Waals surface area contributed by atoms with Gasteiger partial charge in [-0.2, -0.15) is 0 Å². The van der Waals surface area contributed by atoms with Gasteiger partial charge in [0.15, 0.2) is 0 Å². The molecule has 6 nitrogen and oxygen atoms in total. The highest BCUT2D eigenvalue weighted by molar-refractivity contribution is 5.95. The van der Waals surface area contributed by atoms with Gasteiger partial charge < -0.3 is 11.1 Å². The van der Waals surface area contributed by atoms with E-state index in [1.807, 2.05) is 0 Å². The molecule has 7 heteroatoms. The van der Waals surface area contributed by atoms with Crippen molar-refractivity contribution in [2.24, 2.45) is 11.1 Å². The van der Waals surface area contributed by atoms with Crippen LogP contribution in [0.4, 0.5) is 15.8 Å². The number of anilines is 1. The molecule has 19 heavy (non-hydrogen) atoms. The van der Waals surface area contributed by atoms with Crippen molar-refractivity contribution >= 4 is 17.3 Å². The number of nitrogens with one attached hydrogen (secondary N) is 1. The van der Waals surface area contributed by atoms with Crippen molar-refractivity contribution in [1.29, 1.82) is 0 Å². The summed E-state index contributed by atoms with van der Waals surface area (Å²) in [6, 6.07) is 2.05. The molecule has 104 valence electrons. The summed E-state index contributed by atoms with van der Waals surface area (Å²) in [5.74, 6) is -1.34. The molecule has 0 spiro atoms. The van der Waals surface area contributed by atoms with Crippen molar-refractivity contribution < 1.29 is 14.1 Å². The second-order valence-corrected chi connectivity index (χ2v) is 5.25. The van der Waals surface area contributed by atoms with Gasteiger partial charge in [-0.1, -0.05) is 20.8 Å². The fourth-order valence-electron chi connectivity index (χ4n) is 1.33. The van der Waals surface area contributed by atoms with Crippen LogP contribution >= 0.6 is 0 Å². The highest BCUT2D eigenvalue weighted by Gasteiger charge is 2.28. The number of non-ortho nitro benzene ring substituents is 1. The molecule has 0 aromatic heterocycles. The zero-order chi connectivity index (χ0) is 14.8. The standard InChI is InChI=1S/C12H16FN3O3/c1-12(2,3)10(14)11(17)15-9-6-7(16(18)19)4-5-8(9)13/h4-6,10H,14H2,1-3H3,(H,15,17). The van der Waals surface area contributed by atoms with Crippen LogP contribution in [0, 0.1) is 21.3 Å². The Labute approximate surface area is 109 Å². The number of nitrogens with two attached hydrogens (primary N) is 1. The fourth-order valence-corrected chi connectivity index (χ4v) is 1.33. The number of hydrogen-bond donors (Lipinski definition) is 2. The number of nitro benzene ring substituents is 1. The third kappa shape index (κ3) is 3.72. The molecule has 0 radical (unpaired) electrons. The number of nitrogens with zero attached hydrogens (tertiary/aromatic N) is 1. The summed E-state index contributed by atoms with van der Waals surface area (Å²) in [6.45, 7) is 5.29. The molecule has 0 saturated heterocycles. The van der Waals surface area contributed by atoms with Crippen molar-refractivity contribution in [2.75, 3.05) is 5.32 Å². The predicted octanol–water partition coefficient (Wildman–Crippen LogP) is 2.05. The Morgan fingerprint density at radius 2 is 2.05 bits per heavy atom.